The molecule has 4 aliphatic rings. The van der Waals surface area contributed by atoms with E-state index in [1.807, 2.05) is 94.0 Å². The number of unbranched alkanes of at least 4 members (excludes halogenated alkanes) is 2. The summed E-state index contributed by atoms with van der Waals surface area (Å²) in [6, 6.07) is 21.1. The van der Waals surface area contributed by atoms with Crippen LogP contribution in [0.2, 0.25) is 0 Å². The molecule has 4 heterocycles. The average Bonchev–Trinajstić information content (AvgIpc) is 3.78. The highest BCUT2D eigenvalue weighted by atomic mass is 32.2. The van der Waals surface area contributed by atoms with Crippen LogP contribution in [0.4, 0.5) is 9.59 Å². The summed E-state index contributed by atoms with van der Waals surface area (Å²) >= 11 is 3.81. The van der Waals surface area contributed by atoms with Gasteiger partial charge in [-0.3, -0.25) is 9.59 Å². The minimum Gasteiger partial charge on any atom is -0.481 e. The van der Waals surface area contributed by atoms with Crippen molar-refractivity contribution in [1.29, 1.82) is 0 Å². The Balaban J connectivity index is 0.000000181. The molecule has 0 aromatic heterocycles. The standard InChI is InChI=1S/2C17H22N2O3S/c20-15(21)9-5-4-8-14-16-13(11-23-14)19(17(22)18-16)10-12-6-2-1-3-7-12;20-15(21)9-5-4-8-14-16-13(11-23-14)18-17(22)19(16)10-12-6-2-1-3-7-12/h2*1-3,6-7,13-14,16H,4-5,8-11H2,(H,18,22)(H,20,21)/t2*13-,14-,16-/m00/s1. The number of urea groups is 2. The molecule has 4 saturated heterocycles. The number of carboxylic acid groups (broad SMARTS) is 2. The number of nitrogens with zero attached hydrogens (tertiary/aromatic N) is 2. The maximum Gasteiger partial charge on any atom is 0.318 e. The lowest BCUT2D eigenvalue weighted by molar-refractivity contribution is -0.138. The summed E-state index contributed by atoms with van der Waals surface area (Å²) in [7, 11) is 0. The summed E-state index contributed by atoms with van der Waals surface area (Å²) in [6.07, 6.45) is 5.64. The van der Waals surface area contributed by atoms with Crippen molar-refractivity contribution in [3.63, 3.8) is 0 Å². The van der Waals surface area contributed by atoms with Crippen LogP contribution >= 0.6 is 23.5 Å². The van der Waals surface area contributed by atoms with Gasteiger partial charge in [0, 0.05) is 47.9 Å². The number of rotatable bonds is 14. The summed E-state index contributed by atoms with van der Waals surface area (Å²) in [5.41, 5.74) is 2.29. The maximum absolute atomic E-state index is 12.3. The number of hydrogen-bond acceptors (Lipinski definition) is 6. The molecule has 0 spiro atoms. The molecule has 0 aliphatic carbocycles. The molecule has 0 unspecified atom stereocenters. The van der Waals surface area contributed by atoms with Crippen molar-refractivity contribution in [1.82, 2.24) is 20.4 Å². The van der Waals surface area contributed by atoms with Gasteiger partial charge in [0.05, 0.1) is 24.2 Å². The van der Waals surface area contributed by atoms with Crippen LogP contribution in [0.1, 0.15) is 62.5 Å². The van der Waals surface area contributed by atoms with Crippen molar-refractivity contribution in [2.24, 2.45) is 0 Å². The molecule has 10 nitrogen and oxygen atoms in total. The lowest BCUT2D eigenvalue weighted by Crippen LogP contribution is -2.40. The Morgan fingerprint density at radius 2 is 1.22 bits per heavy atom. The minimum atomic E-state index is -0.731. The molecule has 2 aromatic rings. The highest BCUT2D eigenvalue weighted by Crippen LogP contribution is 2.39. The Labute approximate surface area is 279 Å². The van der Waals surface area contributed by atoms with Gasteiger partial charge < -0.3 is 30.6 Å². The Morgan fingerprint density at radius 3 is 1.80 bits per heavy atom. The third-order valence-corrected chi connectivity index (χ3v) is 12.1. The summed E-state index contributed by atoms with van der Waals surface area (Å²) in [6.45, 7) is 1.29. The fraction of sp³-hybridized carbons (Fsp3) is 0.529. The first kappa shape index (κ1) is 34.0. The molecule has 6 atom stereocenters. The maximum atomic E-state index is 12.3. The molecule has 0 radical (unpaired) electrons. The topological polar surface area (TPSA) is 139 Å². The Bertz CT molecular complexity index is 1330. The molecule has 4 aliphatic heterocycles. The average molecular weight is 669 g/mol. The van der Waals surface area contributed by atoms with Gasteiger partial charge in [0.25, 0.3) is 0 Å². The Hall–Kier alpha value is -3.38. The number of hydrogen-bond donors (Lipinski definition) is 4. The molecular formula is C34H44N4O6S2. The molecule has 12 heteroatoms. The zero-order valence-electron chi connectivity index (χ0n) is 26.0. The van der Waals surface area contributed by atoms with Crippen molar-refractivity contribution < 1.29 is 29.4 Å². The van der Waals surface area contributed by atoms with Gasteiger partial charge >= 0.3 is 24.0 Å². The fourth-order valence-electron chi connectivity index (χ4n) is 6.82. The van der Waals surface area contributed by atoms with E-state index in [4.69, 9.17) is 10.2 Å². The number of benzene rings is 2. The molecule has 6 rings (SSSR count). The van der Waals surface area contributed by atoms with E-state index in [0.717, 1.165) is 48.3 Å². The molecule has 46 heavy (non-hydrogen) atoms. The van der Waals surface area contributed by atoms with Gasteiger partial charge in [0.1, 0.15) is 0 Å². The number of carboxylic acids is 2. The van der Waals surface area contributed by atoms with E-state index in [1.165, 1.54) is 0 Å². The number of fused-ring (bicyclic) bond motifs is 2. The Kier molecular flexibility index (Phi) is 12.1. The van der Waals surface area contributed by atoms with E-state index in [0.29, 0.717) is 36.4 Å². The molecule has 4 amide bonds. The third-order valence-electron chi connectivity index (χ3n) is 9.11. The quantitative estimate of drug-likeness (QED) is 0.155. The van der Waals surface area contributed by atoms with Gasteiger partial charge in [-0.2, -0.15) is 23.5 Å². The minimum absolute atomic E-state index is 0.0275. The first-order valence-electron chi connectivity index (χ1n) is 16.2. The van der Waals surface area contributed by atoms with E-state index in [1.54, 1.807) is 0 Å². The van der Waals surface area contributed by atoms with Crippen molar-refractivity contribution >= 4 is 47.5 Å². The van der Waals surface area contributed by atoms with Crippen LogP contribution in [-0.4, -0.2) is 90.2 Å². The van der Waals surface area contributed by atoms with Crippen molar-refractivity contribution in [2.75, 3.05) is 11.5 Å². The first-order valence-corrected chi connectivity index (χ1v) is 18.3. The van der Waals surface area contributed by atoms with Gasteiger partial charge in [-0.05, 0) is 36.8 Å². The number of nitrogens with one attached hydrogen (secondary N) is 2. The second-order valence-corrected chi connectivity index (χ2v) is 14.9. The van der Waals surface area contributed by atoms with Crippen LogP contribution in [0.25, 0.3) is 0 Å². The van der Waals surface area contributed by atoms with Crippen LogP contribution in [0.15, 0.2) is 60.7 Å². The normalized spacial score (nSPS) is 26.2. The SMILES string of the molecule is O=C(O)CCCC[C@@H]1SC[C@@H]2NC(=O)N(Cc3ccccc3)[C@@H]21.O=C(O)CCCC[C@@H]1SC[C@H]2[C@@H]1NC(=O)N2Cc1ccccc1. The van der Waals surface area contributed by atoms with Crippen LogP contribution in [0, 0.1) is 0 Å². The largest absolute Gasteiger partial charge is 0.481 e. The van der Waals surface area contributed by atoms with Crippen LogP contribution in [-0.2, 0) is 22.7 Å². The lowest BCUT2D eigenvalue weighted by atomic mass is 10.0. The van der Waals surface area contributed by atoms with Gasteiger partial charge in [-0.25, -0.2) is 9.59 Å². The molecule has 2 aromatic carbocycles. The predicted octanol–water partition coefficient (Wildman–Crippen LogP) is 5.42. The second kappa shape index (κ2) is 16.4. The van der Waals surface area contributed by atoms with E-state index >= 15 is 0 Å². The fourth-order valence-corrected chi connectivity index (χ4v) is 10.0. The Morgan fingerprint density at radius 1 is 0.696 bits per heavy atom. The summed E-state index contributed by atoms with van der Waals surface area (Å²) in [4.78, 5) is 49.7. The van der Waals surface area contributed by atoms with Crippen molar-refractivity contribution in [3.05, 3.63) is 71.8 Å². The zero-order valence-corrected chi connectivity index (χ0v) is 27.6. The van der Waals surface area contributed by atoms with E-state index in [2.05, 4.69) is 10.6 Å². The van der Waals surface area contributed by atoms with Crippen LogP contribution < -0.4 is 10.6 Å². The van der Waals surface area contributed by atoms with Gasteiger partial charge in [0.2, 0.25) is 0 Å². The first-order chi connectivity index (χ1) is 22.3. The molecule has 248 valence electrons. The molecule has 4 N–H and O–H groups in total. The number of aliphatic carboxylic acids is 2. The predicted molar refractivity (Wildman–Crippen MR) is 181 cm³/mol. The zero-order chi connectivity index (χ0) is 32.5. The molecular weight excluding hydrogens is 625 g/mol. The van der Waals surface area contributed by atoms with Crippen molar-refractivity contribution in [2.45, 2.75) is 99.1 Å². The van der Waals surface area contributed by atoms with Gasteiger partial charge in [-0.1, -0.05) is 73.5 Å². The summed E-state index contributed by atoms with van der Waals surface area (Å²) in [5.74, 6) is 0.445. The number of amides is 4. The molecule has 0 bridgehead atoms. The summed E-state index contributed by atoms with van der Waals surface area (Å²) in [5, 5.41) is 24.5. The van der Waals surface area contributed by atoms with Gasteiger partial charge in [-0.15, -0.1) is 0 Å². The highest BCUT2D eigenvalue weighted by molar-refractivity contribution is 8.00. The number of carbonyl (C=O) groups excluding carboxylic acids is 2. The van der Waals surface area contributed by atoms with Crippen LogP contribution in [0.3, 0.4) is 0 Å². The molecule has 4 fully saturated rings. The monoisotopic (exact) mass is 668 g/mol. The van der Waals surface area contributed by atoms with E-state index < -0.39 is 11.9 Å². The van der Waals surface area contributed by atoms with Crippen LogP contribution in [0.5, 0.6) is 0 Å². The lowest BCUT2D eigenvalue weighted by Gasteiger charge is -2.27. The van der Waals surface area contributed by atoms with E-state index in [9.17, 15) is 19.2 Å². The molecule has 0 saturated carbocycles. The number of thioether (sulfide) groups is 2. The third kappa shape index (κ3) is 8.90. The van der Waals surface area contributed by atoms with Crippen molar-refractivity contribution in [3.8, 4) is 0 Å². The van der Waals surface area contributed by atoms with Gasteiger partial charge in [0.15, 0.2) is 0 Å². The second-order valence-electron chi connectivity index (χ2n) is 12.3. The summed E-state index contributed by atoms with van der Waals surface area (Å²) < 4.78 is 0. The number of carbonyl (C=O) groups is 4. The highest BCUT2D eigenvalue weighted by Gasteiger charge is 2.48. The smallest absolute Gasteiger partial charge is 0.318 e. The van der Waals surface area contributed by atoms with E-state index in [-0.39, 0.29) is 49.1 Å².